The molecule has 2 aromatic carbocycles. The van der Waals surface area contributed by atoms with Crippen molar-refractivity contribution in [3.63, 3.8) is 0 Å². The second-order valence-corrected chi connectivity index (χ2v) is 8.05. The van der Waals surface area contributed by atoms with Crippen molar-refractivity contribution in [2.45, 2.75) is 39.8 Å². The highest BCUT2D eigenvalue weighted by Crippen LogP contribution is 2.32. The summed E-state index contributed by atoms with van der Waals surface area (Å²) < 4.78 is 16.9. The lowest BCUT2D eigenvalue weighted by molar-refractivity contribution is -0.140. The van der Waals surface area contributed by atoms with E-state index in [4.69, 9.17) is 14.2 Å². The number of hydrogen-bond acceptors (Lipinski definition) is 5. The van der Waals surface area contributed by atoms with E-state index in [0.29, 0.717) is 13.2 Å². The number of nitrogens with zero attached hydrogens (tertiary/aromatic N) is 2. The topological polar surface area (TPSA) is 51.2 Å². The van der Waals surface area contributed by atoms with Crippen LogP contribution in [0.3, 0.4) is 0 Å². The number of ether oxygens (including phenoxy) is 3. The van der Waals surface area contributed by atoms with Gasteiger partial charge in [0, 0.05) is 32.7 Å². The summed E-state index contributed by atoms with van der Waals surface area (Å²) in [5.41, 5.74) is 3.59. The van der Waals surface area contributed by atoms with Gasteiger partial charge in [-0.3, -0.25) is 9.69 Å². The number of amides is 1. The molecule has 0 bridgehead atoms. The average molecular weight is 411 g/mol. The number of carbonyl (C=O) groups excluding carboxylic acids is 1. The molecule has 1 atom stereocenters. The predicted molar refractivity (Wildman–Crippen MR) is 115 cm³/mol. The third-order valence-electron chi connectivity index (χ3n) is 5.93. The molecule has 2 aromatic rings. The Morgan fingerprint density at radius 2 is 1.77 bits per heavy atom. The first-order valence-electron chi connectivity index (χ1n) is 10.7. The van der Waals surface area contributed by atoms with Gasteiger partial charge in [0.1, 0.15) is 5.75 Å². The van der Waals surface area contributed by atoms with Crippen LogP contribution in [0.5, 0.6) is 17.2 Å². The predicted octanol–water partition coefficient (Wildman–Crippen LogP) is 3.53. The van der Waals surface area contributed by atoms with Crippen molar-refractivity contribution in [1.82, 2.24) is 9.80 Å². The first-order chi connectivity index (χ1) is 14.5. The van der Waals surface area contributed by atoms with Crippen LogP contribution in [0, 0.1) is 13.8 Å². The first-order valence-corrected chi connectivity index (χ1v) is 10.7. The molecule has 0 aromatic heterocycles. The minimum atomic E-state index is -0.437. The van der Waals surface area contributed by atoms with Crippen molar-refractivity contribution in [3.8, 4) is 17.2 Å². The van der Waals surface area contributed by atoms with Crippen molar-refractivity contribution in [1.29, 1.82) is 0 Å². The Morgan fingerprint density at radius 1 is 1.00 bits per heavy atom. The summed E-state index contributed by atoms with van der Waals surface area (Å²) in [6.07, 6.45) is 0.218. The lowest BCUT2D eigenvalue weighted by atomic mass is 10.1. The summed E-state index contributed by atoms with van der Waals surface area (Å²) in [6, 6.07) is 12.1. The summed E-state index contributed by atoms with van der Waals surface area (Å²) in [5, 5.41) is 0. The summed E-state index contributed by atoms with van der Waals surface area (Å²) in [5.74, 6) is 2.47. The molecule has 2 heterocycles. The smallest absolute Gasteiger partial charge is 0.263 e. The van der Waals surface area contributed by atoms with E-state index in [1.807, 2.05) is 42.2 Å². The number of rotatable bonds is 6. The van der Waals surface area contributed by atoms with E-state index < -0.39 is 6.10 Å². The highest BCUT2D eigenvalue weighted by Gasteiger charge is 2.28. The number of benzene rings is 2. The fraction of sp³-hybridized carbons (Fsp3) is 0.458. The molecule has 0 N–H and O–H groups in total. The van der Waals surface area contributed by atoms with E-state index in [2.05, 4.69) is 24.8 Å². The Labute approximate surface area is 178 Å². The van der Waals surface area contributed by atoms with Crippen LogP contribution in [-0.2, 0) is 11.3 Å². The Morgan fingerprint density at radius 3 is 2.50 bits per heavy atom. The average Bonchev–Trinajstić information content (AvgIpc) is 3.22. The fourth-order valence-electron chi connectivity index (χ4n) is 3.89. The molecule has 2 aliphatic rings. The zero-order chi connectivity index (χ0) is 21.1. The summed E-state index contributed by atoms with van der Waals surface area (Å²) >= 11 is 0. The van der Waals surface area contributed by atoms with Crippen LogP contribution >= 0.6 is 0 Å². The Bertz CT molecular complexity index is 906. The van der Waals surface area contributed by atoms with E-state index in [1.54, 1.807) is 0 Å². The maximum Gasteiger partial charge on any atom is 0.263 e. The minimum Gasteiger partial charge on any atom is -0.481 e. The standard InChI is InChI=1S/C24H30N2O4/c1-4-21(30-20-7-5-17(2)18(3)13-20)24(27)26-11-9-25(10-12-26)15-19-6-8-22-23(14-19)29-16-28-22/h5-8,13-14,21H,4,9-12,15-16H2,1-3H3/t21-/m0/s1. The summed E-state index contributed by atoms with van der Waals surface area (Å²) in [6.45, 7) is 10.4. The molecule has 0 radical (unpaired) electrons. The Kier molecular flexibility index (Phi) is 6.13. The van der Waals surface area contributed by atoms with Gasteiger partial charge in [0.25, 0.3) is 5.91 Å². The van der Waals surface area contributed by atoms with E-state index in [-0.39, 0.29) is 5.91 Å². The first kappa shape index (κ1) is 20.5. The second kappa shape index (κ2) is 8.96. The van der Waals surface area contributed by atoms with Crippen LogP contribution in [0.25, 0.3) is 0 Å². The molecule has 1 saturated heterocycles. The lowest BCUT2D eigenvalue weighted by Gasteiger charge is -2.36. The van der Waals surface area contributed by atoms with Crippen LogP contribution in [0.4, 0.5) is 0 Å². The van der Waals surface area contributed by atoms with Gasteiger partial charge >= 0.3 is 0 Å². The van der Waals surface area contributed by atoms with Gasteiger partial charge in [-0.25, -0.2) is 0 Å². The summed E-state index contributed by atoms with van der Waals surface area (Å²) in [7, 11) is 0. The van der Waals surface area contributed by atoms with E-state index in [9.17, 15) is 4.79 Å². The van der Waals surface area contributed by atoms with Crippen LogP contribution in [0.2, 0.25) is 0 Å². The summed E-state index contributed by atoms with van der Waals surface area (Å²) in [4.78, 5) is 17.3. The SMILES string of the molecule is CC[C@H](Oc1ccc(C)c(C)c1)C(=O)N1CCN(Cc2ccc3c(c2)OCO3)CC1. The van der Waals surface area contributed by atoms with Crippen molar-refractivity contribution in [2.75, 3.05) is 33.0 Å². The van der Waals surface area contributed by atoms with Gasteiger partial charge in [-0.1, -0.05) is 19.1 Å². The van der Waals surface area contributed by atoms with Gasteiger partial charge in [-0.2, -0.15) is 0 Å². The Hall–Kier alpha value is -2.73. The highest BCUT2D eigenvalue weighted by atomic mass is 16.7. The lowest BCUT2D eigenvalue weighted by Crippen LogP contribution is -2.52. The molecule has 6 heteroatoms. The fourth-order valence-corrected chi connectivity index (χ4v) is 3.89. The largest absolute Gasteiger partial charge is 0.481 e. The van der Waals surface area contributed by atoms with Crippen LogP contribution in [0.15, 0.2) is 36.4 Å². The molecule has 0 aliphatic carbocycles. The zero-order valence-corrected chi connectivity index (χ0v) is 18.0. The third kappa shape index (κ3) is 4.54. The van der Waals surface area contributed by atoms with Gasteiger partial charge in [0.2, 0.25) is 6.79 Å². The number of aryl methyl sites for hydroxylation is 2. The zero-order valence-electron chi connectivity index (χ0n) is 18.0. The van der Waals surface area contributed by atoms with Gasteiger partial charge in [-0.05, 0) is 61.2 Å². The normalized spacial score (nSPS) is 17.1. The number of fused-ring (bicyclic) bond motifs is 1. The van der Waals surface area contributed by atoms with Gasteiger partial charge in [-0.15, -0.1) is 0 Å². The van der Waals surface area contributed by atoms with Crippen molar-refractivity contribution < 1.29 is 19.0 Å². The molecule has 0 spiro atoms. The van der Waals surface area contributed by atoms with Gasteiger partial charge in [0.15, 0.2) is 17.6 Å². The molecule has 1 fully saturated rings. The van der Waals surface area contributed by atoms with E-state index in [0.717, 1.165) is 50.0 Å². The van der Waals surface area contributed by atoms with Gasteiger partial charge < -0.3 is 19.1 Å². The molecule has 4 rings (SSSR count). The number of carbonyl (C=O) groups is 1. The van der Waals surface area contributed by atoms with Crippen molar-refractivity contribution >= 4 is 5.91 Å². The molecule has 30 heavy (non-hydrogen) atoms. The number of hydrogen-bond donors (Lipinski definition) is 0. The monoisotopic (exact) mass is 410 g/mol. The maximum atomic E-state index is 13.0. The minimum absolute atomic E-state index is 0.0819. The van der Waals surface area contributed by atoms with E-state index >= 15 is 0 Å². The molecule has 6 nitrogen and oxygen atoms in total. The van der Waals surface area contributed by atoms with Crippen molar-refractivity contribution in [2.24, 2.45) is 0 Å². The molecule has 0 unspecified atom stereocenters. The molecular weight excluding hydrogens is 380 g/mol. The molecular formula is C24H30N2O4. The maximum absolute atomic E-state index is 13.0. The van der Waals surface area contributed by atoms with Crippen LogP contribution in [-0.4, -0.2) is 54.8 Å². The quantitative estimate of drug-likeness (QED) is 0.729. The van der Waals surface area contributed by atoms with Crippen molar-refractivity contribution in [3.05, 3.63) is 53.1 Å². The van der Waals surface area contributed by atoms with E-state index in [1.165, 1.54) is 16.7 Å². The molecule has 1 amide bonds. The van der Waals surface area contributed by atoms with Crippen LogP contribution in [0.1, 0.15) is 30.0 Å². The third-order valence-corrected chi connectivity index (χ3v) is 5.93. The number of piperazine rings is 1. The Balaban J connectivity index is 1.31. The molecule has 2 aliphatic heterocycles. The van der Waals surface area contributed by atoms with Gasteiger partial charge in [0.05, 0.1) is 0 Å². The molecule has 0 saturated carbocycles. The second-order valence-electron chi connectivity index (χ2n) is 8.05. The highest BCUT2D eigenvalue weighted by molar-refractivity contribution is 5.81. The van der Waals surface area contributed by atoms with Crippen LogP contribution < -0.4 is 14.2 Å². The molecule has 160 valence electrons.